The minimum Gasteiger partial charge on any atom is -0.294 e. The smallest absolute Gasteiger partial charge is 0.0674 e. The first-order chi connectivity index (χ1) is 13.9. The van der Waals surface area contributed by atoms with Crippen LogP contribution in [-0.2, 0) is 22.9 Å². The molecule has 29 heavy (non-hydrogen) atoms. The number of rotatable bonds is 2. The molecule has 1 N–H and O–H groups in total. The van der Waals surface area contributed by atoms with Gasteiger partial charge in [0.05, 0.1) is 5.54 Å². The molecule has 2 aliphatic heterocycles. The van der Waals surface area contributed by atoms with Gasteiger partial charge in [0.2, 0.25) is 0 Å². The van der Waals surface area contributed by atoms with Crippen LogP contribution in [0.2, 0.25) is 5.02 Å². The van der Waals surface area contributed by atoms with Crippen molar-refractivity contribution >= 4 is 11.6 Å². The first kappa shape index (κ1) is 17.7. The van der Waals surface area contributed by atoms with E-state index < -0.39 is 0 Å². The fraction of sp³-hybridized carbons (Fsp3) is 0.333. The Morgan fingerprint density at radius 2 is 1.38 bits per heavy atom. The Kier molecular flexibility index (Phi) is 3.51. The second-order valence-electron chi connectivity index (χ2n) is 9.74. The van der Waals surface area contributed by atoms with Gasteiger partial charge in [-0.2, -0.15) is 0 Å². The van der Waals surface area contributed by atoms with Crippen molar-refractivity contribution in [2.24, 2.45) is 5.92 Å². The Morgan fingerprint density at radius 3 is 2.07 bits per heavy atom. The van der Waals surface area contributed by atoms with Crippen LogP contribution in [0, 0.1) is 5.92 Å². The van der Waals surface area contributed by atoms with Gasteiger partial charge in [0.15, 0.2) is 0 Å². The lowest BCUT2D eigenvalue weighted by Crippen LogP contribution is -2.47. The van der Waals surface area contributed by atoms with E-state index in [2.05, 4.69) is 79.8 Å². The molecule has 3 aliphatic rings. The van der Waals surface area contributed by atoms with Crippen LogP contribution < -0.4 is 5.32 Å². The van der Waals surface area contributed by atoms with Crippen LogP contribution in [0.25, 0.3) is 0 Å². The van der Waals surface area contributed by atoms with Crippen molar-refractivity contribution in [2.45, 2.75) is 49.6 Å². The van der Waals surface area contributed by atoms with Crippen LogP contribution >= 0.6 is 11.6 Å². The Labute approximate surface area is 178 Å². The van der Waals surface area contributed by atoms with Gasteiger partial charge in [-0.25, -0.2) is 0 Å². The van der Waals surface area contributed by atoms with Gasteiger partial charge in [-0.1, -0.05) is 72.3 Å². The van der Waals surface area contributed by atoms with Gasteiger partial charge < -0.3 is 0 Å². The molecule has 0 aromatic heterocycles. The van der Waals surface area contributed by atoms with E-state index >= 15 is 0 Å². The second kappa shape index (κ2) is 5.74. The Morgan fingerprint density at radius 1 is 0.793 bits per heavy atom. The summed E-state index contributed by atoms with van der Waals surface area (Å²) in [5.41, 5.74) is 7.40. The number of fused-ring (bicyclic) bond motifs is 9. The predicted molar refractivity (Wildman–Crippen MR) is 119 cm³/mol. The van der Waals surface area contributed by atoms with E-state index in [-0.39, 0.29) is 16.5 Å². The molecular weight excluding hydrogens is 374 g/mol. The number of hydrogen-bond donors (Lipinski definition) is 1. The third kappa shape index (κ3) is 2.38. The van der Waals surface area contributed by atoms with E-state index in [4.69, 9.17) is 11.6 Å². The summed E-state index contributed by atoms with van der Waals surface area (Å²) in [7, 11) is 0. The molecule has 3 aromatic carbocycles. The maximum atomic E-state index is 6.15. The third-order valence-electron chi connectivity index (χ3n) is 7.91. The highest BCUT2D eigenvalue weighted by molar-refractivity contribution is 6.30. The van der Waals surface area contributed by atoms with E-state index in [0.29, 0.717) is 5.92 Å². The summed E-state index contributed by atoms with van der Waals surface area (Å²) in [5.74, 6) is 0.688. The molecule has 1 aliphatic carbocycles. The van der Waals surface area contributed by atoms with E-state index in [1.165, 1.54) is 40.7 Å². The summed E-state index contributed by atoms with van der Waals surface area (Å²) in [6.07, 6.45) is 3.54. The van der Waals surface area contributed by atoms with Crippen molar-refractivity contribution in [2.75, 3.05) is 0 Å². The number of benzene rings is 3. The molecule has 3 aromatic rings. The van der Waals surface area contributed by atoms with Crippen molar-refractivity contribution in [1.29, 1.82) is 0 Å². The second-order valence-corrected chi connectivity index (χ2v) is 10.2. The summed E-state index contributed by atoms with van der Waals surface area (Å²) >= 11 is 6.15. The average molecular weight is 400 g/mol. The van der Waals surface area contributed by atoms with Crippen molar-refractivity contribution in [1.82, 2.24) is 5.32 Å². The lowest BCUT2D eigenvalue weighted by Gasteiger charge is -2.39. The summed E-state index contributed by atoms with van der Waals surface area (Å²) in [5, 5.41) is 4.91. The third-order valence-corrected chi connectivity index (χ3v) is 8.16. The molecule has 2 heterocycles. The van der Waals surface area contributed by atoms with Crippen LogP contribution in [0.4, 0.5) is 0 Å². The molecule has 1 nitrogen and oxygen atoms in total. The van der Waals surface area contributed by atoms with Gasteiger partial charge in [-0.05, 0) is 79.0 Å². The summed E-state index contributed by atoms with van der Waals surface area (Å²) in [4.78, 5) is 0. The van der Waals surface area contributed by atoms with Crippen molar-refractivity contribution in [3.8, 4) is 0 Å². The van der Waals surface area contributed by atoms with Crippen LogP contribution in [0.5, 0.6) is 0 Å². The molecular formula is C27H26ClN. The zero-order valence-electron chi connectivity index (χ0n) is 17.0. The Balaban J connectivity index is 1.55. The minimum absolute atomic E-state index is 0.0191. The van der Waals surface area contributed by atoms with Crippen molar-refractivity contribution in [3.63, 3.8) is 0 Å². The van der Waals surface area contributed by atoms with E-state index in [9.17, 15) is 0 Å². The highest BCUT2D eigenvalue weighted by atomic mass is 35.5. The molecule has 0 spiro atoms. The lowest BCUT2D eigenvalue weighted by atomic mass is 9.75. The fourth-order valence-corrected chi connectivity index (χ4v) is 6.69. The first-order valence-electron chi connectivity index (χ1n) is 10.7. The van der Waals surface area contributed by atoms with Gasteiger partial charge in [-0.3, -0.25) is 5.32 Å². The molecule has 6 rings (SSSR count). The summed E-state index contributed by atoms with van der Waals surface area (Å²) in [6, 6.07) is 26.7. The molecule has 1 fully saturated rings. The van der Waals surface area contributed by atoms with Crippen LogP contribution in [0.1, 0.15) is 54.5 Å². The maximum absolute atomic E-state index is 6.15. The molecule has 2 heteroatoms. The van der Waals surface area contributed by atoms with E-state index in [1.54, 1.807) is 0 Å². The number of halogens is 1. The highest BCUT2D eigenvalue weighted by Gasteiger charge is 2.62. The first-order valence-corrected chi connectivity index (χ1v) is 11.1. The quantitative estimate of drug-likeness (QED) is 0.531. The Hall–Kier alpha value is -2.09. The van der Waals surface area contributed by atoms with Crippen LogP contribution in [0.3, 0.4) is 0 Å². The predicted octanol–water partition coefficient (Wildman–Crippen LogP) is 6.33. The van der Waals surface area contributed by atoms with E-state index in [1.807, 2.05) is 12.1 Å². The average Bonchev–Trinajstić information content (AvgIpc) is 3.33. The highest BCUT2D eigenvalue weighted by Crippen LogP contribution is 2.65. The number of hydrogen-bond acceptors (Lipinski definition) is 1. The van der Waals surface area contributed by atoms with Gasteiger partial charge in [-0.15, -0.1) is 0 Å². The number of nitrogens with one attached hydrogen (secondary N) is 1. The van der Waals surface area contributed by atoms with Gasteiger partial charge >= 0.3 is 0 Å². The van der Waals surface area contributed by atoms with E-state index in [0.717, 1.165) is 11.4 Å². The van der Waals surface area contributed by atoms with Crippen LogP contribution in [0.15, 0.2) is 72.8 Å². The van der Waals surface area contributed by atoms with Crippen LogP contribution in [-0.4, -0.2) is 0 Å². The maximum Gasteiger partial charge on any atom is 0.0674 e. The molecule has 0 amide bonds. The minimum atomic E-state index is -0.150. The van der Waals surface area contributed by atoms with Gasteiger partial charge in [0.25, 0.3) is 0 Å². The molecule has 4 atom stereocenters. The molecule has 2 bridgehead atoms. The topological polar surface area (TPSA) is 12.0 Å². The zero-order chi connectivity index (χ0) is 19.9. The molecule has 1 unspecified atom stereocenters. The Bertz CT molecular complexity index is 1120. The van der Waals surface area contributed by atoms with Gasteiger partial charge in [0, 0.05) is 16.0 Å². The fourth-order valence-electron chi connectivity index (χ4n) is 6.56. The van der Waals surface area contributed by atoms with Gasteiger partial charge in [0.1, 0.15) is 0 Å². The monoisotopic (exact) mass is 399 g/mol. The molecule has 0 saturated heterocycles. The normalized spacial score (nSPS) is 33.8. The molecule has 146 valence electrons. The summed E-state index contributed by atoms with van der Waals surface area (Å²) < 4.78 is 0. The summed E-state index contributed by atoms with van der Waals surface area (Å²) in [6.45, 7) is 4.80. The largest absolute Gasteiger partial charge is 0.294 e. The SMILES string of the molecule is CC12C[C@@H]3C[C@]3(Cc3ccc(Cl)cc3)c3ccccc3[C@](C)(N1)c1ccccc12. The standard InChI is InChI=1S/C27H26ClN/c1-25-16-19-17-27(19,15-18-11-13-20(28)14-12-18)24-10-6-5-9-23(24)26(2,29-25)22-8-4-3-7-21(22)25/h3-14,19,29H,15-17H2,1-2H3/t19-,25?,26-,27+/m1/s1. The molecule has 1 saturated carbocycles. The lowest BCUT2D eigenvalue weighted by molar-refractivity contribution is 0.264. The van der Waals surface area contributed by atoms with Crippen molar-refractivity contribution in [3.05, 3.63) is 106 Å². The van der Waals surface area contributed by atoms with Crippen molar-refractivity contribution < 1.29 is 0 Å². The zero-order valence-corrected chi connectivity index (χ0v) is 17.8. The molecule has 0 radical (unpaired) electrons.